The largest absolute Gasteiger partial charge is 0.491 e. The number of nitrogens with one attached hydrogen (secondary N) is 2. The smallest absolute Gasteiger partial charge is 0.191 e. The highest BCUT2D eigenvalue weighted by atomic mass is 16.5. The first-order valence-electron chi connectivity index (χ1n) is 9.22. The van der Waals surface area contributed by atoms with Crippen LogP contribution < -0.4 is 15.4 Å². The van der Waals surface area contributed by atoms with Crippen molar-refractivity contribution in [3.63, 3.8) is 0 Å². The number of aryl methyl sites for hydroxylation is 1. The Morgan fingerprint density at radius 1 is 1.20 bits per heavy atom. The summed E-state index contributed by atoms with van der Waals surface area (Å²) in [6, 6.07) is 6.29. The average molecular weight is 348 g/mol. The van der Waals surface area contributed by atoms with Gasteiger partial charge in [0.2, 0.25) is 0 Å². The van der Waals surface area contributed by atoms with Crippen molar-refractivity contribution in [2.75, 3.05) is 33.9 Å². The number of aliphatic imine (C=N–C) groups is 1. The molecule has 1 aromatic rings. The van der Waals surface area contributed by atoms with Crippen LogP contribution in [-0.4, -0.2) is 39.9 Å². The fourth-order valence-corrected chi connectivity index (χ4v) is 3.28. The monoisotopic (exact) mass is 347 g/mol. The zero-order valence-corrected chi connectivity index (χ0v) is 16.2. The predicted octanol–water partition coefficient (Wildman–Crippen LogP) is 3.27. The van der Waals surface area contributed by atoms with Gasteiger partial charge < -0.3 is 20.1 Å². The Balaban J connectivity index is 1.89. The first-order valence-corrected chi connectivity index (χ1v) is 9.22. The molecule has 0 saturated heterocycles. The summed E-state index contributed by atoms with van der Waals surface area (Å²) < 4.78 is 10.9. The van der Waals surface area contributed by atoms with Crippen LogP contribution in [-0.2, 0) is 11.3 Å². The van der Waals surface area contributed by atoms with Crippen LogP contribution in [0.4, 0.5) is 0 Å². The molecule has 2 N–H and O–H groups in total. The Bertz CT molecular complexity index is 566. The number of hydrogen-bond donors (Lipinski definition) is 2. The zero-order chi connectivity index (χ0) is 18.1. The lowest BCUT2D eigenvalue weighted by Gasteiger charge is -2.25. The molecule has 1 aliphatic rings. The van der Waals surface area contributed by atoms with Gasteiger partial charge in [-0.3, -0.25) is 4.99 Å². The summed E-state index contributed by atoms with van der Waals surface area (Å²) in [4.78, 5) is 4.35. The van der Waals surface area contributed by atoms with Crippen LogP contribution in [0, 0.1) is 12.3 Å². The maximum atomic E-state index is 5.86. The molecule has 1 fully saturated rings. The fourth-order valence-electron chi connectivity index (χ4n) is 3.28. The molecule has 25 heavy (non-hydrogen) atoms. The van der Waals surface area contributed by atoms with E-state index in [0.29, 0.717) is 25.2 Å². The summed E-state index contributed by atoms with van der Waals surface area (Å²) in [5.74, 6) is 1.75. The molecule has 0 atom stereocenters. The van der Waals surface area contributed by atoms with Crippen LogP contribution >= 0.6 is 0 Å². The lowest BCUT2D eigenvalue weighted by atomic mass is 9.89. The maximum absolute atomic E-state index is 5.86. The van der Waals surface area contributed by atoms with E-state index in [4.69, 9.17) is 9.47 Å². The Hall–Kier alpha value is -1.75. The summed E-state index contributed by atoms with van der Waals surface area (Å²) in [7, 11) is 3.50. The molecule has 0 unspecified atom stereocenters. The molecule has 1 saturated carbocycles. The van der Waals surface area contributed by atoms with Gasteiger partial charge in [0.15, 0.2) is 5.96 Å². The number of ether oxygens (including phenoxy) is 2. The van der Waals surface area contributed by atoms with E-state index in [1.807, 2.05) is 7.05 Å². The van der Waals surface area contributed by atoms with E-state index in [9.17, 15) is 0 Å². The van der Waals surface area contributed by atoms with Crippen molar-refractivity contribution in [3.8, 4) is 5.75 Å². The first kappa shape index (κ1) is 19.6. The normalized spacial score (nSPS) is 16.7. The fraction of sp³-hybridized carbons (Fsp3) is 0.650. The van der Waals surface area contributed by atoms with E-state index < -0.39 is 0 Å². The Morgan fingerprint density at radius 3 is 2.64 bits per heavy atom. The molecule has 140 valence electrons. The number of methoxy groups -OCH3 is 1. The van der Waals surface area contributed by atoms with Gasteiger partial charge in [0.05, 0.1) is 6.61 Å². The van der Waals surface area contributed by atoms with Crippen molar-refractivity contribution >= 4 is 5.96 Å². The van der Waals surface area contributed by atoms with Crippen molar-refractivity contribution in [1.29, 1.82) is 0 Å². The van der Waals surface area contributed by atoms with Crippen molar-refractivity contribution in [2.24, 2.45) is 10.4 Å². The number of guanidine groups is 1. The number of nitrogens with zero attached hydrogens (tertiary/aromatic N) is 1. The van der Waals surface area contributed by atoms with Crippen LogP contribution in [0.2, 0.25) is 0 Å². The van der Waals surface area contributed by atoms with Gasteiger partial charge in [-0.15, -0.1) is 0 Å². The summed E-state index contributed by atoms with van der Waals surface area (Å²) in [5.41, 5.74) is 2.71. The molecule has 0 bridgehead atoms. The minimum absolute atomic E-state index is 0.399. The average Bonchev–Trinajstić information content (AvgIpc) is 3.03. The van der Waals surface area contributed by atoms with E-state index in [1.54, 1.807) is 7.11 Å². The molecule has 0 aliphatic heterocycles. The van der Waals surface area contributed by atoms with Crippen LogP contribution in [0.5, 0.6) is 5.75 Å². The molecule has 1 aromatic carbocycles. The van der Waals surface area contributed by atoms with Gasteiger partial charge in [0.25, 0.3) is 0 Å². The van der Waals surface area contributed by atoms with Gasteiger partial charge in [-0.1, -0.05) is 31.9 Å². The van der Waals surface area contributed by atoms with Gasteiger partial charge in [-0.2, -0.15) is 0 Å². The minimum Gasteiger partial charge on any atom is -0.491 e. The molecule has 5 nitrogen and oxygen atoms in total. The molecular formula is C20H33N3O2. The van der Waals surface area contributed by atoms with Crippen LogP contribution in [0.15, 0.2) is 23.2 Å². The third-order valence-corrected chi connectivity index (χ3v) is 4.93. The molecule has 1 aliphatic carbocycles. The standard InChI is InChI=1S/C20H33N3O2/c1-16-7-8-17(18(13-16)25-12-11-24-4)14-22-19(21-3)23-15-20(2)9-5-6-10-20/h7-8,13H,5-6,9-12,14-15H2,1-4H3,(H2,21,22,23). The van der Waals surface area contributed by atoms with Crippen molar-refractivity contribution in [3.05, 3.63) is 29.3 Å². The van der Waals surface area contributed by atoms with Gasteiger partial charge in [-0.25, -0.2) is 0 Å². The second-order valence-electron chi connectivity index (χ2n) is 7.25. The molecule has 0 radical (unpaired) electrons. The van der Waals surface area contributed by atoms with E-state index in [1.165, 1.54) is 31.2 Å². The minimum atomic E-state index is 0.399. The van der Waals surface area contributed by atoms with E-state index in [2.05, 4.69) is 47.7 Å². The highest BCUT2D eigenvalue weighted by Gasteiger charge is 2.28. The molecule has 0 aromatic heterocycles. The summed E-state index contributed by atoms with van der Waals surface area (Å²) in [6.45, 7) is 7.23. The van der Waals surface area contributed by atoms with E-state index >= 15 is 0 Å². The second kappa shape index (κ2) is 9.66. The molecular weight excluding hydrogens is 314 g/mol. The zero-order valence-electron chi connectivity index (χ0n) is 16.2. The number of rotatable bonds is 8. The van der Waals surface area contributed by atoms with E-state index in [-0.39, 0.29) is 0 Å². The SMILES string of the molecule is CN=C(NCc1ccc(C)cc1OCCOC)NCC1(C)CCCC1. The number of hydrogen-bond acceptors (Lipinski definition) is 3. The molecule has 5 heteroatoms. The first-order chi connectivity index (χ1) is 12.1. The lowest BCUT2D eigenvalue weighted by Crippen LogP contribution is -2.41. The van der Waals surface area contributed by atoms with Crippen molar-refractivity contribution in [1.82, 2.24) is 10.6 Å². The topological polar surface area (TPSA) is 54.9 Å². The third-order valence-electron chi connectivity index (χ3n) is 4.93. The second-order valence-corrected chi connectivity index (χ2v) is 7.25. The quantitative estimate of drug-likeness (QED) is 0.430. The predicted molar refractivity (Wildman–Crippen MR) is 103 cm³/mol. The Kier molecular flexibility index (Phi) is 7.56. The van der Waals surface area contributed by atoms with Gasteiger partial charge in [0, 0.05) is 32.8 Å². The highest BCUT2D eigenvalue weighted by molar-refractivity contribution is 5.79. The maximum Gasteiger partial charge on any atom is 0.191 e. The van der Waals surface area contributed by atoms with E-state index in [0.717, 1.165) is 23.8 Å². The Morgan fingerprint density at radius 2 is 1.96 bits per heavy atom. The Labute approximate surface area is 152 Å². The molecule has 0 spiro atoms. The molecule has 2 rings (SSSR count). The third kappa shape index (κ3) is 6.24. The van der Waals surface area contributed by atoms with Gasteiger partial charge in [0.1, 0.15) is 12.4 Å². The van der Waals surface area contributed by atoms with Crippen molar-refractivity contribution in [2.45, 2.75) is 46.1 Å². The molecule has 0 heterocycles. The highest BCUT2D eigenvalue weighted by Crippen LogP contribution is 2.36. The van der Waals surface area contributed by atoms with Crippen molar-refractivity contribution < 1.29 is 9.47 Å². The number of benzene rings is 1. The summed E-state index contributed by atoms with van der Waals surface area (Å²) in [5, 5.41) is 6.89. The summed E-state index contributed by atoms with van der Waals surface area (Å²) >= 11 is 0. The molecule has 0 amide bonds. The van der Waals surface area contributed by atoms with Gasteiger partial charge in [-0.05, 0) is 36.8 Å². The van der Waals surface area contributed by atoms with Crippen LogP contribution in [0.1, 0.15) is 43.7 Å². The lowest BCUT2D eigenvalue weighted by molar-refractivity contribution is 0.145. The van der Waals surface area contributed by atoms with Crippen LogP contribution in [0.25, 0.3) is 0 Å². The summed E-state index contributed by atoms with van der Waals surface area (Å²) in [6.07, 6.45) is 5.28. The van der Waals surface area contributed by atoms with Gasteiger partial charge >= 0.3 is 0 Å². The van der Waals surface area contributed by atoms with Crippen LogP contribution in [0.3, 0.4) is 0 Å².